The van der Waals surface area contributed by atoms with E-state index in [1.165, 1.54) is 97.9 Å². The molecule has 4 atom stereocenters. The predicted molar refractivity (Wildman–Crippen MR) is 201 cm³/mol. The summed E-state index contributed by atoms with van der Waals surface area (Å²) in [5, 5.41) is 0. The van der Waals surface area contributed by atoms with Gasteiger partial charge in [0.05, 0.1) is 26.4 Å². The highest BCUT2D eigenvalue weighted by Gasteiger charge is 2.31. The summed E-state index contributed by atoms with van der Waals surface area (Å²) in [6, 6.07) is 0. The standard InChI is InChI=1S/C32H68O4P2S4/c1-9-17-21-29(13-5)25-33-37(39,34-26-30(14-6)22-18-10-2)41-42-38(40,35-27-31(15-7)23-19-11-3)36-28-32(16-8)24-20-12-4/h29-32H,9-28H2,1-8H3/t29-,30-,31-,32-/m1/s1. The van der Waals surface area contributed by atoms with E-state index >= 15 is 0 Å². The molecule has 0 spiro atoms. The Labute approximate surface area is 280 Å². The first-order chi connectivity index (χ1) is 20.2. The maximum Gasteiger partial charge on any atom is 0.258 e. The Balaban J connectivity index is 5.79. The third-order valence-electron chi connectivity index (χ3n) is 8.26. The molecule has 0 aromatic heterocycles. The van der Waals surface area contributed by atoms with Gasteiger partial charge in [0, 0.05) is 20.8 Å². The van der Waals surface area contributed by atoms with E-state index in [4.69, 9.17) is 41.7 Å². The number of unbranched alkanes of at least 4 members (excludes halogenated alkanes) is 4. The van der Waals surface area contributed by atoms with Gasteiger partial charge in [-0.05, 0) is 73.0 Å². The average molecular weight is 707 g/mol. The second kappa shape index (κ2) is 27.9. The van der Waals surface area contributed by atoms with Gasteiger partial charge in [-0.15, -0.1) is 0 Å². The first-order valence-electron chi connectivity index (χ1n) is 17.3. The van der Waals surface area contributed by atoms with Crippen LogP contribution in [0.1, 0.15) is 158 Å². The fourth-order valence-corrected chi connectivity index (χ4v) is 21.0. The first-order valence-corrected chi connectivity index (χ1v) is 26.0. The second-order valence-corrected chi connectivity index (χ2v) is 25.7. The number of rotatable bonds is 31. The van der Waals surface area contributed by atoms with Crippen LogP contribution >= 0.6 is 32.2 Å². The van der Waals surface area contributed by atoms with Gasteiger partial charge < -0.3 is 18.1 Å². The zero-order valence-corrected chi connectivity index (χ0v) is 33.7. The van der Waals surface area contributed by atoms with Gasteiger partial charge in [-0.25, -0.2) is 0 Å². The number of hydrogen-bond acceptors (Lipinski definition) is 8. The van der Waals surface area contributed by atoms with Gasteiger partial charge in [0.25, 0.3) is 11.4 Å². The zero-order chi connectivity index (χ0) is 31.7. The van der Waals surface area contributed by atoms with Crippen LogP contribution in [0, 0.1) is 23.7 Å². The van der Waals surface area contributed by atoms with Gasteiger partial charge in [-0.1, -0.05) is 132 Å². The lowest BCUT2D eigenvalue weighted by atomic mass is 10.0. The van der Waals surface area contributed by atoms with Crippen LogP contribution in [-0.2, 0) is 41.7 Å². The highest BCUT2D eigenvalue weighted by Crippen LogP contribution is 2.77. The van der Waals surface area contributed by atoms with Gasteiger partial charge in [0.1, 0.15) is 0 Å². The van der Waals surface area contributed by atoms with E-state index in [1.807, 2.05) is 0 Å². The largest absolute Gasteiger partial charge is 0.321 e. The molecule has 254 valence electrons. The molecule has 0 bridgehead atoms. The van der Waals surface area contributed by atoms with Crippen molar-refractivity contribution in [1.82, 2.24) is 0 Å². The molecule has 0 fully saturated rings. The average Bonchev–Trinajstić information content (AvgIpc) is 3.00. The Hall–Kier alpha value is 1.84. The van der Waals surface area contributed by atoms with Crippen LogP contribution in [0.3, 0.4) is 0 Å². The Morgan fingerprint density at radius 1 is 0.429 bits per heavy atom. The summed E-state index contributed by atoms with van der Waals surface area (Å²) < 4.78 is 26.3. The monoisotopic (exact) mass is 706 g/mol. The normalized spacial score (nSPS) is 15.5. The molecule has 0 aliphatic heterocycles. The van der Waals surface area contributed by atoms with Crippen LogP contribution in [0.2, 0.25) is 0 Å². The topological polar surface area (TPSA) is 36.9 Å². The first kappa shape index (κ1) is 43.8. The molecule has 0 aromatic rings. The Kier molecular flexibility index (Phi) is 29.1. The summed E-state index contributed by atoms with van der Waals surface area (Å²) in [6.45, 7) is 20.6. The van der Waals surface area contributed by atoms with Gasteiger partial charge >= 0.3 is 0 Å². The second-order valence-electron chi connectivity index (χ2n) is 11.9. The fraction of sp³-hybridized carbons (Fsp3) is 1.00. The summed E-state index contributed by atoms with van der Waals surface area (Å²) in [6.07, 6.45) is 18.8. The molecule has 0 N–H and O–H groups in total. The van der Waals surface area contributed by atoms with Crippen LogP contribution in [0.4, 0.5) is 0 Å². The molecule has 0 radical (unpaired) electrons. The molecule has 4 nitrogen and oxygen atoms in total. The van der Waals surface area contributed by atoms with Crippen LogP contribution in [0.25, 0.3) is 0 Å². The quantitative estimate of drug-likeness (QED) is 0.0521. The Morgan fingerprint density at radius 2 is 0.643 bits per heavy atom. The maximum absolute atomic E-state index is 6.58. The lowest BCUT2D eigenvalue weighted by Gasteiger charge is -2.29. The van der Waals surface area contributed by atoms with Crippen LogP contribution in [0.5, 0.6) is 0 Å². The van der Waals surface area contributed by atoms with Crippen LogP contribution in [-0.4, -0.2) is 26.4 Å². The SMILES string of the molecule is CCCC[C@@H](CC)COP(=S)(OC[C@H](CC)CCCC)SSP(=S)(OC[C@H](CC)CCCC)OC[C@H](CC)CCCC. The van der Waals surface area contributed by atoms with Gasteiger partial charge in [-0.3, -0.25) is 0 Å². The smallest absolute Gasteiger partial charge is 0.258 e. The molecule has 0 aromatic carbocycles. The van der Waals surface area contributed by atoms with Crippen molar-refractivity contribution in [1.29, 1.82) is 0 Å². The van der Waals surface area contributed by atoms with Crippen molar-refractivity contribution < 1.29 is 18.1 Å². The summed E-state index contributed by atoms with van der Waals surface area (Å²) in [5.41, 5.74) is -5.29. The lowest BCUT2D eigenvalue weighted by Crippen LogP contribution is -2.12. The van der Waals surface area contributed by atoms with E-state index in [2.05, 4.69) is 55.4 Å². The van der Waals surface area contributed by atoms with Crippen molar-refractivity contribution in [3.05, 3.63) is 0 Å². The number of hydrogen-bond donors (Lipinski definition) is 0. The van der Waals surface area contributed by atoms with Crippen LogP contribution < -0.4 is 0 Å². The minimum atomic E-state index is -2.64. The lowest BCUT2D eigenvalue weighted by molar-refractivity contribution is 0.188. The maximum atomic E-state index is 6.58. The molecule has 0 aliphatic rings. The highest BCUT2D eigenvalue weighted by atomic mass is 33.5. The molecule has 0 saturated carbocycles. The van der Waals surface area contributed by atoms with E-state index in [9.17, 15) is 0 Å². The van der Waals surface area contributed by atoms with Crippen molar-refractivity contribution in [3.8, 4) is 0 Å². The van der Waals surface area contributed by atoms with Gasteiger partial charge in [-0.2, -0.15) is 0 Å². The third kappa shape index (κ3) is 21.6. The van der Waals surface area contributed by atoms with Crippen molar-refractivity contribution in [2.24, 2.45) is 23.7 Å². The van der Waals surface area contributed by atoms with E-state index in [0.29, 0.717) is 50.1 Å². The molecular weight excluding hydrogens is 639 g/mol. The van der Waals surface area contributed by atoms with Crippen molar-refractivity contribution in [3.63, 3.8) is 0 Å². The molecule has 0 saturated heterocycles. The molecule has 10 heteroatoms. The molecule has 0 rings (SSSR count). The zero-order valence-electron chi connectivity index (χ0n) is 28.6. The molecule has 0 aliphatic carbocycles. The minimum absolute atomic E-state index is 0.506. The van der Waals surface area contributed by atoms with Crippen molar-refractivity contribution in [2.75, 3.05) is 26.4 Å². The molecule has 0 unspecified atom stereocenters. The summed E-state index contributed by atoms with van der Waals surface area (Å²) in [4.78, 5) is 0. The Bertz CT molecular complexity index is 610. The highest BCUT2D eigenvalue weighted by molar-refractivity contribution is 9.17. The minimum Gasteiger partial charge on any atom is -0.321 e. The predicted octanol–water partition coefficient (Wildman–Crippen LogP) is 13.7. The fourth-order valence-electron chi connectivity index (χ4n) is 4.62. The summed E-state index contributed by atoms with van der Waals surface area (Å²) in [5.74, 6) is 2.03. The Morgan fingerprint density at radius 3 is 0.810 bits per heavy atom. The third-order valence-corrected chi connectivity index (χ3v) is 23.4. The van der Waals surface area contributed by atoms with Crippen molar-refractivity contribution >= 4 is 55.8 Å². The summed E-state index contributed by atoms with van der Waals surface area (Å²) in [7, 11) is 3.06. The van der Waals surface area contributed by atoms with Gasteiger partial charge in [0.2, 0.25) is 0 Å². The summed E-state index contributed by atoms with van der Waals surface area (Å²) >= 11 is 12.5. The molecule has 42 heavy (non-hydrogen) atoms. The van der Waals surface area contributed by atoms with Gasteiger partial charge in [0.15, 0.2) is 0 Å². The van der Waals surface area contributed by atoms with Crippen molar-refractivity contribution in [2.45, 2.75) is 158 Å². The van der Waals surface area contributed by atoms with E-state index in [1.54, 1.807) is 0 Å². The molecule has 0 heterocycles. The van der Waals surface area contributed by atoms with E-state index in [-0.39, 0.29) is 0 Å². The van der Waals surface area contributed by atoms with E-state index in [0.717, 1.165) is 25.7 Å². The van der Waals surface area contributed by atoms with E-state index < -0.39 is 11.4 Å². The molecule has 0 amide bonds. The van der Waals surface area contributed by atoms with Crippen LogP contribution in [0.15, 0.2) is 0 Å². The molecular formula is C32H68O4P2S4.